The Morgan fingerprint density at radius 1 is 1.24 bits per heavy atom. The number of hydrazone groups is 1. The van der Waals surface area contributed by atoms with Gasteiger partial charge in [-0.05, 0) is 57.9 Å². The van der Waals surface area contributed by atoms with Crippen molar-refractivity contribution in [3.63, 3.8) is 0 Å². The van der Waals surface area contributed by atoms with Crippen LogP contribution in [0.4, 0.5) is 5.69 Å². The number of benzene rings is 2. The molecule has 0 unspecified atom stereocenters. The summed E-state index contributed by atoms with van der Waals surface area (Å²) in [5.41, 5.74) is 8.91. The fourth-order valence-corrected chi connectivity index (χ4v) is 3.68. The lowest BCUT2D eigenvalue weighted by Gasteiger charge is -2.13. The van der Waals surface area contributed by atoms with Crippen LogP contribution in [0, 0.1) is 20.8 Å². The summed E-state index contributed by atoms with van der Waals surface area (Å²) >= 11 is 0. The molecule has 1 atom stereocenters. The van der Waals surface area contributed by atoms with Crippen molar-refractivity contribution >= 4 is 17.8 Å². The minimum atomic E-state index is -0.218. The molecule has 0 bridgehead atoms. The molecule has 2 aromatic carbocycles. The molecule has 0 radical (unpaired) electrons. The van der Waals surface area contributed by atoms with Crippen LogP contribution in [-0.2, 0) is 11.2 Å². The van der Waals surface area contributed by atoms with E-state index in [1.54, 1.807) is 6.21 Å². The van der Waals surface area contributed by atoms with E-state index in [0.29, 0.717) is 6.61 Å². The second-order valence-corrected chi connectivity index (χ2v) is 7.48. The number of fused-ring (bicyclic) bond motifs is 1. The molecule has 0 aromatic heterocycles. The Balaban J connectivity index is 1.62. The molecule has 0 spiro atoms. The maximum atomic E-state index is 12.2. The van der Waals surface area contributed by atoms with Crippen molar-refractivity contribution in [2.75, 3.05) is 18.5 Å². The highest BCUT2D eigenvalue weighted by Gasteiger charge is 2.21. The third-order valence-electron chi connectivity index (χ3n) is 4.82. The largest absolute Gasteiger partial charge is 0.493 e. The Labute approximate surface area is 172 Å². The van der Waals surface area contributed by atoms with E-state index in [2.05, 4.69) is 34.9 Å². The molecule has 0 saturated carbocycles. The summed E-state index contributed by atoms with van der Waals surface area (Å²) in [5, 5.41) is 7.30. The molecule has 154 valence electrons. The van der Waals surface area contributed by atoms with Crippen LogP contribution in [-0.4, -0.2) is 31.4 Å². The van der Waals surface area contributed by atoms with Crippen LogP contribution in [0.3, 0.4) is 0 Å². The van der Waals surface area contributed by atoms with Gasteiger partial charge in [-0.2, -0.15) is 5.10 Å². The predicted octanol–water partition coefficient (Wildman–Crippen LogP) is 3.90. The van der Waals surface area contributed by atoms with E-state index in [1.807, 2.05) is 39.8 Å². The SMILES string of the molecule is CCOc1cc2c(cc1/C=N\NC(=O)CNc1c(C)cc(C)cc1C)O[C@@H](C)C2. The second kappa shape index (κ2) is 8.99. The molecule has 2 aromatic rings. The fourth-order valence-electron chi connectivity index (χ4n) is 3.68. The number of nitrogens with one attached hydrogen (secondary N) is 2. The quantitative estimate of drug-likeness (QED) is 0.551. The topological polar surface area (TPSA) is 72.0 Å². The minimum Gasteiger partial charge on any atom is -0.493 e. The molecule has 2 N–H and O–H groups in total. The Morgan fingerprint density at radius 2 is 1.97 bits per heavy atom. The van der Waals surface area contributed by atoms with E-state index in [1.165, 1.54) is 5.56 Å². The van der Waals surface area contributed by atoms with Gasteiger partial charge in [0.05, 0.1) is 19.4 Å². The molecule has 1 aliphatic heterocycles. The van der Waals surface area contributed by atoms with Crippen molar-refractivity contribution < 1.29 is 14.3 Å². The first-order chi connectivity index (χ1) is 13.9. The van der Waals surface area contributed by atoms with Gasteiger partial charge in [-0.3, -0.25) is 4.79 Å². The van der Waals surface area contributed by atoms with Gasteiger partial charge in [0.15, 0.2) is 0 Å². The highest BCUT2D eigenvalue weighted by Crippen LogP contribution is 2.34. The second-order valence-electron chi connectivity index (χ2n) is 7.48. The van der Waals surface area contributed by atoms with E-state index in [4.69, 9.17) is 9.47 Å². The van der Waals surface area contributed by atoms with Gasteiger partial charge in [-0.1, -0.05) is 17.7 Å². The van der Waals surface area contributed by atoms with Gasteiger partial charge < -0.3 is 14.8 Å². The van der Waals surface area contributed by atoms with Crippen molar-refractivity contribution in [1.82, 2.24) is 5.43 Å². The van der Waals surface area contributed by atoms with Gasteiger partial charge in [0.1, 0.15) is 17.6 Å². The van der Waals surface area contributed by atoms with Crippen LogP contribution in [0.2, 0.25) is 0 Å². The fraction of sp³-hybridized carbons (Fsp3) is 0.391. The lowest BCUT2D eigenvalue weighted by molar-refractivity contribution is -0.119. The van der Waals surface area contributed by atoms with E-state index >= 15 is 0 Å². The Kier molecular flexibility index (Phi) is 6.42. The highest BCUT2D eigenvalue weighted by molar-refractivity contribution is 5.87. The van der Waals surface area contributed by atoms with Crippen LogP contribution in [0.25, 0.3) is 0 Å². The first-order valence-electron chi connectivity index (χ1n) is 9.97. The van der Waals surface area contributed by atoms with Crippen LogP contribution >= 0.6 is 0 Å². The third-order valence-corrected chi connectivity index (χ3v) is 4.82. The van der Waals surface area contributed by atoms with Crippen LogP contribution in [0.1, 0.15) is 41.7 Å². The lowest BCUT2D eigenvalue weighted by Crippen LogP contribution is -2.26. The number of hydrogen-bond donors (Lipinski definition) is 2. The van der Waals surface area contributed by atoms with E-state index in [9.17, 15) is 4.79 Å². The zero-order chi connectivity index (χ0) is 21.0. The van der Waals surface area contributed by atoms with E-state index < -0.39 is 0 Å². The van der Waals surface area contributed by atoms with Crippen molar-refractivity contribution in [1.29, 1.82) is 0 Å². The molecule has 6 nitrogen and oxygen atoms in total. The average molecular weight is 396 g/mol. The number of hydrogen-bond acceptors (Lipinski definition) is 5. The molecule has 1 heterocycles. The van der Waals surface area contributed by atoms with Crippen LogP contribution in [0.5, 0.6) is 11.5 Å². The molecule has 0 aliphatic carbocycles. The normalized spacial score (nSPS) is 15.1. The molecule has 1 aliphatic rings. The third kappa shape index (κ3) is 5.08. The van der Waals surface area contributed by atoms with E-state index in [-0.39, 0.29) is 18.6 Å². The van der Waals surface area contributed by atoms with Crippen molar-refractivity contribution in [2.45, 2.75) is 47.1 Å². The van der Waals surface area contributed by atoms with Crippen molar-refractivity contribution in [3.05, 3.63) is 52.1 Å². The average Bonchev–Trinajstić information content (AvgIpc) is 3.00. The highest BCUT2D eigenvalue weighted by atomic mass is 16.5. The van der Waals surface area contributed by atoms with E-state index in [0.717, 1.165) is 45.9 Å². The van der Waals surface area contributed by atoms with Gasteiger partial charge in [0.25, 0.3) is 5.91 Å². The van der Waals surface area contributed by atoms with Gasteiger partial charge >= 0.3 is 0 Å². The number of rotatable bonds is 7. The number of ether oxygens (including phenoxy) is 2. The summed E-state index contributed by atoms with van der Waals surface area (Å²) in [7, 11) is 0. The Morgan fingerprint density at radius 3 is 2.66 bits per heavy atom. The van der Waals surface area contributed by atoms with Gasteiger partial charge in [0.2, 0.25) is 0 Å². The molecular formula is C23H29N3O3. The molecule has 3 rings (SSSR count). The maximum Gasteiger partial charge on any atom is 0.259 e. The standard InChI is InChI=1S/C23H29N3O3/c1-6-28-20-10-18-9-17(5)29-21(18)11-19(20)12-25-26-22(27)13-24-23-15(3)7-14(2)8-16(23)4/h7-8,10-12,17,24H,6,9,13H2,1-5H3,(H,26,27)/b25-12-/t17-/m0/s1. The summed E-state index contributed by atoms with van der Waals surface area (Å²) in [6, 6.07) is 8.10. The van der Waals surface area contributed by atoms with Crippen molar-refractivity contribution in [3.8, 4) is 11.5 Å². The van der Waals surface area contributed by atoms with Gasteiger partial charge in [0, 0.05) is 23.2 Å². The number of carbonyl (C=O) groups excluding carboxylic acids is 1. The predicted molar refractivity (Wildman–Crippen MR) is 116 cm³/mol. The summed E-state index contributed by atoms with van der Waals surface area (Å²) in [5.74, 6) is 1.37. The summed E-state index contributed by atoms with van der Waals surface area (Å²) in [6.45, 7) is 10.8. The smallest absolute Gasteiger partial charge is 0.259 e. The summed E-state index contributed by atoms with van der Waals surface area (Å²) in [6.07, 6.45) is 2.62. The van der Waals surface area contributed by atoms with Gasteiger partial charge in [-0.15, -0.1) is 0 Å². The van der Waals surface area contributed by atoms with Crippen molar-refractivity contribution in [2.24, 2.45) is 5.10 Å². The Bertz CT molecular complexity index is 914. The molecule has 0 saturated heterocycles. The number of aryl methyl sites for hydroxylation is 3. The molecular weight excluding hydrogens is 366 g/mol. The molecule has 6 heteroatoms. The number of amides is 1. The zero-order valence-electron chi connectivity index (χ0n) is 17.8. The number of nitrogens with zero attached hydrogens (tertiary/aromatic N) is 1. The van der Waals surface area contributed by atoms with Crippen LogP contribution in [0.15, 0.2) is 29.4 Å². The minimum absolute atomic E-state index is 0.144. The molecule has 0 fully saturated rings. The summed E-state index contributed by atoms with van der Waals surface area (Å²) < 4.78 is 11.5. The molecule has 1 amide bonds. The first kappa shape index (κ1) is 20.7. The lowest BCUT2D eigenvalue weighted by atomic mass is 10.1. The summed E-state index contributed by atoms with van der Waals surface area (Å²) in [4.78, 5) is 12.2. The molecule has 29 heavy (non-hydrogen) atoms. The maximum absolute atomic E-state index is 12.2. The monoisotopic (exact) mass is 395 g/mol. The number of carbonyl (C=O) groups is 1. The zero-order valence-corrected chi connectivity index (χ0v) is 17.8. The van der Waals surface area contributed by atoms with Crippen LogP contribution < -0.4 is 20.2 Å². The van der Waals surface area contributed by atoms with Gasteiger partial charge in [-0.25, -0.2) is 5.43 Å². The Hall–Kier alpha value is -3.02. The number of anilines is 1. The first-order valence-corrected chi connectivity index (χ1v) is 9.97.